The first-order valence-corrected chi connectivity index (χ1v) is 28.4. The number of hydrogen-bond donors (Lipinski definition) is 3. The molecule has 0 spiro atoms. The molecular weight excluding hydrogens is 1320 g/mol. The van der Waals surface area contributed by atoms with Crippen molar-refractivity contribution in [1.82, 2.24) is 10.6 Å². The van der Waals surface area contributed by atoms with Crippen LogP contribution >= 0.6 is 24.4 Å². The van der Waals surface area contributed by atoms with Crippen molar-refractivity contribution >= 4 is 96.3 Å². The standard InChI is InChI=1S/C23H20O5.C10H10O2.C10H20.C9H12.2C3H7NO.2C2H4O2.2C2H6.2CH2S.2CH4.2Y/c1-15(2)22(25)27-19-10-5-17(6-11-19)7-14-21(24)18-8-12-20(13-9-18)28-23(26)16(3)4;1-12-10(11)8-7-9-5-3-2-4-6-9;1-5-10-8(3)6-7(2)9(10)4;1-7-4-5-8(2)9(3)6-7;2*1-3(5)4-2;1-4-2-3;1-2(3)4;4*1-2;;;;/h5-14H,1,3H2,2,4H3;2-8H,1H3;7-10H,5-6H2,1-4H3;4-6H,1-3H3;2*1-2H3,(H,4,5);2H,1H3;1H3,(H,3,4);2*1-2H3;2*1H2;2*1H4;;/b14-7+;8-7+;;;;;;;;;;;;;;. The summed E-state index contributed by atoms with van der Waals surface area (Å²) >= 11 is 7.67. The number of nitrogens with one attached hydrogen (secondary N) is 2. The molecule has 2 radical (unpaired) electrons. The number of ether oxygens (including phenoxy) is 4. The number of hydrogen-bond acceptors (Lipinski definition) is 14. The predicted octanol–water partition coefficient (Wildman–Crippen LogP) is 16.3. The molecular formula is C70H108N2O13S2Y2. The topological polar surface area (TPSA) is 218 Å². The Morgan fingerprint density at radius 1 is 0.607 bits per heavy atom. The SMILES string of the molecule is C.C.C=C(C)C(=O)Oc1ccc(/C=C/C(=O)c2ccc(OC(=O)C(=C)C)cc2)cc1.C=S.C=S.CC.CC.CC(=O)O.CCC1C(C)CC(C)C1C.CNC(C)=O.CNC(C)=O.COC(=O)/C=C/c1ccccc1.COC=O.Cc1ccc(C)c(C)c1.[Y].[Y]. The summed E-state index contributed by atoms with van der Waals surface area (Å²) in [4.78, 5) is 83.2. The van der Waals surface area contributed by atoms with Gasteiger partial charge in [0.15, 0.2) is 5.78 Å². The van der Waals surface area contributed by atoms with Gasteiger partial charge in [-0.3, -0.25) is 24.0 Å². The Morgan fingerprint density at radius 2 is 0.966 bits per heavy atom. The molecule has 5 rings (SSSR count). The molecule has 4 aromatic carbocycles. The monoisotopic (exact) mass is 1430 g/mol. The Balaban J connectivity index is -0.0000000938. The zero-order chi connectivity index (χ0) is 67.6. The molecule has 89 heavy (non-hydrogen) atoms. The smallest absolute Gasteiger partial charge is 0.338 e. The van der Waals surface area contributed by atoms with Crippen molar-refractivity contribution in [3.05, 3.63) is 167 Å². The first-order valence-electron chi connectivity index (χ1n) is 27.3. The van der Waals surface area contributed by atoms with E-state index in [-0.39, 0.29) is 104 Å². The van der Waals surface area contributed by atoms with Gasteiger partial charge < -0.3 is 34.7 Å². The molecule has 0 aliphatic heterocycles. The number of aryl methyl sites for hydroxylation is 3. The molecule has 0 saturated heterocycles. The second-order valence-electron chi connectivity index (χ2n) is 17.6. The number of aliphatic carboxylic acids is 1. The Bertz CT molecular complexity index is 2540. The number of ketones is 1. The van der Waals surface area contributed by atoms with Crippen molar-refractivity contribution in [3.8, 4) is 11.5 Å². The van der Waals surface area contributed by atoms with Gasteiger partial charge in [-0.2, -0.15) is 0 Å². The number of rotatable bonds is 11. The summed E-state index contributed by atoms with van der Waals surface area (Å²) in [6.45, 7) is 38.5. The van der Waals surface area contributed by atoms with Gasteiger partial charge in [-0.25, -0.2) is 14.4 Å². The zero-order valence-electron chi connectivity index (χ0n) is 55.5. The van der Waals surface area contributed by atoms with Gasteiger partial charge in [0.05, 0.1) is 14.2 Å². The summed E-state index contributed by atoms with van der Waals surface area (Å²) < 4.78 is 18.5. The molecule has 0 heterocycles. The summed E-state index contributed by atoms with van der Waals surface area (Å²) in [5.74, 6) is 7.98. The van der Waals surface area contributed by atoms with Crippen LogP contribution < -0.4 is 20.1 Å². The third-order valence-electron chi connectivity index (χ3n) is 11.0. The van der Waals surface area contributed by atoms with E-state index in [0.717, 1.165) is 41.7 Å². The molecule has 15 nitrogen and oxygen atoms in total. The molecule has 4 unspecified atom stereocenters. The number of carbonyl (C=O) groups is 8. The maximum Gasteiger partial charge on any atom is 0.338 e. The van der Waals surface area contributed by atoms with E-state index in [2.05, 4.69) is 136 Å². The van der Waals surface area contributed by atoms with Crippen LogP contribution in [0.2, 0.25) is 0 Å². The summed E-state index contributed by atoms with van der Waals surface area (Å²) in [5, 5.41) is 12.2. The molecule has 3 N–H and O–H groups in total. The number of carboxylic acids is 1. The van der Waals surface area contributed by atoms with Crippen molar-refractivity contribution in [3.63, 3.8) is 0 Å². The van der Waals surface area contributed by atoms with E-state index < -0.39 is 17.9 Å². The van der Waals surface area contributed by atoms with Crippen LogP contribution in [0, 0.1) is 44.4 Å². The van der Waals surface area contributed by atoms with Crippen molar-refractivity contribution in [2.45, 2.75) is 138 Å². The summed E-state index contributed by atoms with van der Waals surface area (Å²) in [6.07, 6.45) is 9.04. The van der Waals surface area contributed by atoms with Crippen molar-refractivity contribution < 1.29 is 128 Å². The summed E-state index contributed by atoms with van der Waals surface area (Å²) in [7, 11) is 5.87. The van der Waals surface area contributed by atoms with Crippen LogP contribution in [0.1, 0.15) is 156 Å². The van der Waals surface area contributed by atoms with Gasteiger partial charge in [0, 0.05) is 123 Å². The van der Waals surface area contributed by atoms with Crippen LogP contribution in [-0.4, -0.2) is 93.1 Å². The molecule has 4 atom stereocenters. The molecule has 1 aliphatic carbocycles. The minimum Gasteiger partial charge on any atom is -0.481 e. The molecule has 1 fully saturated rings. The average Bonchev–Trinajstić information content (AvgIpc) is 3.78. The number of allylic oxidation sites excluding steroid dienone is 1. The molecule has 494 valence electrons. The zero-order valence-corrected chi connectivity index (χ0v) is 62.8. The van der Waals surface area contributed by atoms with E-state index in [1.165, 1.54) is 69.8 Å². The third kappa shape index (κ3) is 65.0. The van der Waals surface area contributed by atoms with E-state index in [0.29, 0.717) is 34.7 Å². The number of benzene rings is 4. The molecule has 0 bridgehead atoms. The van der Waals surface area contributed by atoms with Crippen LogP contribution in [0.4, 0.5) is 0 Å². The minimum atomic E-state index is -0.833. The molecule has 19 heteroatoms. The third-order valence-corrected chi connectivity index (χ3v) is 11.0. The van der Waals surface area contributed by atoms with Crippen molar-refractivity contribution in [2.24, 2.45) is 23.7 Å². The van der Waals surface area contributed by atoms with Crippen LogP contribution in [-0.2, 0) is 108 Å². The molecule has 4 aromatic rings. The van der Waals surface area contributed by atoms with Gasteiger partial charge in [0.25, 0.3) is 12.4 Å². The normalized spacial score (nSPS) is 12.5. The maximum atomic E-state index is 12.3. The molecule has 1 saturated carbocycles. The summed E-state index contributed by atoms with van der Waals surface area (Å²) in [5.41, 5.74) is 6.93. The number of thiocarbonyl (C=S) groups is 2. The fourth-order valence-corrected chi connectivity index (χ4v) is 6.37. The van der Waals surface area contributed by atoms with Crippen LogP contribution in [0.5, 0.6) is 11.5 Å². The van der Waals surface area contributed by atoms with E-state index in [1.54, 1.807) is 88.6 Å². The Morgan fingerprint density at radius 3 is 1.25 bits per heavy atom. The first kappa shape index (κ1) is 108. The molecule has 1 aliphatic rings. The fourth-order valence-electron chi connectivity index (χ4n) is 6.37. The average molecular weight is 1430 g/mol. The number of esters is 3. The number of carboxylic acid groups (broad SMARTS) is 1. The van der Waals surface area contributed by atoms with Crippen LogP contribution in [0.15, 0.2) is 134 Å². The van der Waals surface area contributed by atoms with E-state index in [1.807, 2.05) is 58.0 Å². The fraction of sp³-hybridized carbons (Fsp3) is 0.400. The van der Waals surface area contributed by atoms with Crippen LogP contribution in [0.3, 0.4) is 0 Å². The summed E-state index contributed by atoms with van der Waals surface area (Å²) in [6, 6.07) is 29.1. The quantitative estimate of drug-likeness (QED) is 0.0318. The Labute approximate surface area is 598 Å². The van der Waals surface area contributed by atoms with Gasteiger partial charge in [-0.15, -0.1) is 0 Å². The number of methoxy groups -OCH3 is 2. The van der Waals surface area contributed by atoms with E-state index in [9.17, 15) is 28.8 Å². The first-order chi connectivity index (χ1) is 40.1. The maximum absolute atomic E-state index is 12.3. The van der Waals surface area contributed by atoms with Gasteiger partial charge in [-0.1, -0.05) is 187 Å². The van der Waals surface area contributed by atoms with E-state index >= 15 is 0 Å². The second-order valence-corrected chi connectivity index (χ2v) is 17.6. The van der Waals surface area contributed by atoms with Crippen LogP contribution in [0.25, 0.3) is 12.2 Å². The Hall–Kier alpha value is -5.81. The minimum absolute atomic E-state index is 0. The number of amides is 2. The number of carbonyl (C=O) groups excluding carboxylic acids is 7. The van der Waals surface area contributed by atoms with Crippen molar-refractivity contribution in [1.29, 1.82) is 0 Å². The predicted molar refractivity (Wildman–Crippen MR) is 373 cm³/mol. The Kier molecular flexibility index (Phi) is 88.4. The van der Waals surface area contributed by atoms with Gasteiger partial charge in [-0.05, 0) is 147 Å². The molecule has 0 aromatic heterocycles. The second kappa shape index (κ2) is 72.9. The van der Waals surface area contributed by atoms with Gasteiger partial charge in [0.2, 0.25) is 11.8 Å². The van der Waals surface area contributed by atoms with Gasteiger partial charge in [0.1, 0.15) is 11.5 Å². The van der Waals surface area contributed by atoms with Crippen molar-refractivity contribution in [2.75, 3.05) is 28.3 Å². The largest absolute Gasteiger partial charge is 0.481 e. The molecule has 2 amide bonds. The van der Waals surface area contributed by atoms with E-state index in [4.69, 9.17) is 24.2 Å². The van der Waals surface area contributed by atoms with Gasteiger partial charge >= 0.3 is 17.9 Å².